The van der Waals surface area contributed by atoms with E-state index in [1.54, 1.807) is 0 Å². The predicted octanol–water partition coefficient (Wildman–Crippen LogP) is 5.08. The molecule has 1 aromatic rings. The number of hydrogen-bond donors (Lipinski definition) is 1. The first-order chi connectivity index (χ1) is 9.97. The maximum Gasteiger partial charge on any atom is 0.0411 e. The van der Waals surface area contributed by atoms with Gasteiger partial charge in [-0.05, 0) is 55.7 Å². The van der Waals surface area contributed by atoms with Gasteiger partial charge in [0, 0.05) is 31.5 Å². The van der Waals surface area contributed by atoms with Crippen LogP contribution in [0.4, 0.5) is 11.4 Å². The monoisotopic (exact) mass is 288 g/mol. The second-order valence-electron chi connectivity index (χ2n) is 7.25. The van der Waals surface area contributed by atoms with Crippen LogP contribution >= 0.6 is 0 Å². The summed E-state index contributed by atoms with van der Waals surface area (Å²) in [6, 6.07) is 7.39. The molecule has 2 atom stereocenters. The molecule has 2 nitrogen and oxygen atoms in total. The number of nitrogens with one attached hydrogen (secondary N) is 1. The zero-order chi connectivity index (χ0) is 15.4. The molecule has 2 heteroatoms. The second-order valence-corrected chi connectivity index (χ2v) is 7.25. The summed E-state index contributed by atoms with van der Waals surface area (Å²) in [6.07, 6.45) is 6.78. The fourth-order valence-corrected chi connectivity index (χ4v) is 3.56. The van der Waals surface area contributed by atoms with Crippen molar-refractivity contribution in [1.29, 1.82) is 0 Å². The van der Waals surface area contributed by atoms with E-state index < -0.39 is 0 Å². The quantitative estimate of drug-likeness (QED) is 0.777. The van der Waals surface area contributed by atoms with Crippen molar-refractivity contribution in [1.82, 2.24) is 0 Å². The minimum absolute atomic E-state index is 0.645. The van der Waals surface area contributed by atoms with Crippen molar-refractivity contribution in [2.45, 2.75) is 58.9 Å². The largest absolute Gasteiger partial charge is 0.382 e. The van der Waals surface area contributed by atoms with E-state index in [9.17, 15) is 0 Å². The van der Waals surface area contributed by atoms with Crippen LogP contribution in [-0.2, 0) is 0 Å². The molecule has 118 valence electrons. The van der Waals surface area contributed by atoms with E-state index in [4.69, 9.17) is 0 Å². The number of rotatable bonds is 4. The molecule has 0 aromatic heterocycles. The van der Waals surface area contributed by atoms with Crippen LogP contribution < -0.4 is 10.2 Å². The molecular weight excluding hydrogens is 256 g/mol. The molecule has 0 saturated heterocycles. The number of nitrogens with zero attached hydrogens (tertiary/aromatic N) is 1. The predicted molar refractivity (Wildman–Crippen MR) is 94.3 cm³/mol. The molecular formula is C19H32N2. The van der Waals surface area contributed by atoms with Gasteiger partial charge in [-0.1, -0.05) is 32.8 Å². The van der Waals surface area contributed by atoms with Gasteiger partial charge in [-0.25, -0.2) is 0 Å². The van der Waals surface area contributed by atoms with Crippen molar-refractivity contribution in [3.05, 3.63) is 23.8 Å². The molecule has 0 bridgehead atoms. The van der Waals surface area contributed by atoms with E-state index in [0.29, 0.717) is 6.04 Å². The zero-order valence-electron chi connectivity index (χ0n) is 14.4. The molecule has 0 spiro atoms. The topological polar surface area (TPSA) is 15.3 Å². The average molecular weight is 288 g/mol. The SMILES string of the molecule is Cc1ccc(NC2CCCC(C(C)C)CC2)cc1N(C)C. The van der Waals surface area contributed by atoms with E-state index in [1.807, 2.05) is 0 Å². The molecule has 1 fully saturated rings. The van der Waals surface area contributed by atoms with Gasteiger partial charge >= 0.3 is 0 Å². The molecule has 0 amide bonds. The fraction of sp³-hybridized carbons (Fsp3) is 0.684. The Labute approximate surface area is 130 Å². The first-order valence-corrected chi connectivity index (χ1v) is 8.52. The van der Waals surface area contributed by atoms with Gasteiger partial charge in [0.25, 0.3) is 0 Å². The molecule has 21 heavy (non-hydrogen) atoms. The highest BCUT2D eigenvalue weighted by Crippen LogP contribution is 2.31. The van der Waals surface area contributed by atoms with Crippen molar-refractivity contribution in [3.63, 3.8) is 0 Å². The van der Waals surface area contributed by atoms with E-state index in [-0.39, 0.29) is 0 Å². The van der Waals surface area contributed by atoms with Crippen LogP contribution in [0, 0.1) is 18.8 Å². The van der Waals surface area contributed by atoms with Crippen molar-refractivity contribution < 1.29 is 0 Å². The van der Waals surface area contributed by atoms with Crippen LogP contribution in [0.3, 0.4) is 0 Å². The van der Waals surface area contributed by atoms with Crippen LogP contribution in [0.25, 0.3) is 0 Å². The summed E-state index contributed by atoms with van der Waals surface area (Å²) in [7, 11) is 4.23. The maximum atomic E-state index is 3.78. The van der Waals surface area contributed by atoms with Gasteiger partial charge in [0.2, 0.25) is 0 Å². The lowest BCUT2D eigenvalue weighted by molar-refractivity contribution is 0.341. The Morgan fingerprint density at radius 2 is 1.86 bits per heavy atom. The molecule has 1 saturated carbocycles. The van der Waals surface area contributed by atoms with Crippen molar-refractivity contribution in [2.75, 3.05) is 24.3 Å². The summed E-state index contributed by atoms with van der Waals surface area (Å²) in [5.74, 6) is 1.76. The lowest BCUT2D eigenvalue weighted by Gasteiger charge is -2.22. The normalized spacial score (nSPS) is 23.0. The zero-order valence-corrected chi connectivity index (χ0v) is 14.4. The third-order valence-corrected chi connectivity index (χ3v) is 5.02. The summed E-state index contributed by atoms with van der Waals surface area (Å²) in [4.78, 5) is 2.20. The van der Waals surface area contributed by atoms with Crippen LogP contribution in [0.1, 0.15) is 51.5 Å². The van der Waals surface area contributed by atoms with Gasteiger partial charge < -0.3 is 10.2 Å². The van der Waals surface area contributed by atoms with Gasteiger partial charge in [-0.2, -0.15) is 0 Å². The number of anilines is 2. The number of aryl methyl sites for hydroxylation is 1. The Bertz CT molecular complexity index is 451. The number of benzene rings is 1. The molecule has 1 aliphatic carbocycles. The smallest absolute Gasteiger partial charge is 0.0411 e. The lowest BCUT2D eigenvalue weighted by atomic mass is 9.89. The van der Waals surface area contributed by atoms with Crippen molar-refractivity contribution in [3.8, 4) is 0 Å². The molecule has 1 aromatic carbocycles. The van der Waals surface area contributed by atoms with E-state index >= 15 is 0 Å². The highest BCUT2D eigenvalue weighted by Gasteiger charge is 2.21. The molecule has 0 radical (unpaired) electrons. The minimum Gasteiger partial charge on any atom is -0.382 e. The third kappa shape index (κ3) is 4.39. The van der Waals surface area contributed by atoms with Crippen molar-refractivity contribution in [2.24, 2.45) is 11.8 Å². The summed E-state index contributed by atoms with van der Waals surface area (Å²) in [5.41, 5.74) is 3.93. The summed E-state index contributed by atoms with van der Waals surface area (Å²) in [5, 5.41) is 3.78. The Balaban J connectivity index is 2.00. The summed E-state index contributed by atoms with van der Waals surface area (Å²) in [6.45, 7) is 6.93. The third-order valence-electron chi connectivity index (χ3n) is 5.02. The lowest BCUT2D eigenvalue weighted by Crippen LogP contribution is -2.19. The Morgan fingerprint density at radius 1 is 1.10 bits per heavy atom. The Hall–Kier alpha value is -1.18. The second kappa shape index (κ2) is 7.20. The van der Waals surface area contributed by atoms with Gasteiger partial charge in [-0.15, -0.1) is 0 Å². The van der Waals surface area contributed by atoms with E-state index in [2.05, 4.69) is 63.3 Å². The minimum atomic E-state index is 0.645. The van der Waals surface area contributed by atoms with Gasteiger partial charge in [0.05, 0.1) is 0 Å². The van der Waals surface area contributed by atoms with Crippen LogP contribution in [0.15, 0.2) is 18.2 Å². The first kappa shape index (κ1) is 16.2. The van der Waals surface area contributed by atoms with Crippen LogP contribution in [-0.4, -0.2) is 20.1 Å². The maximum absolute atomic E-state index is 3.78. The average Bonchev–Trinajstić information content (AvgIpc) is 2.66. The van der Waals surface area contributed by atoms with E-state index in [1.165, 1.54) is 49.0 Å². The molecule has 1 aliphatic rings. The molecule has 2 rings (SSSR count). The first-order valence-electron chi connectivity index (χ1n) is 8.52. The van der Waals surface area contributed by atoms with Crippen LogP contribution in [0.2, 0.25) is 0 Å². The van der Waals surface area contributed by atoms with Crippen LogP contribution in [0.5, 0.6) is 0 Å². The molecule has 1 N–H and O–H groups in total. The van der Waals surface area contributed by atoms with Crippen molar-refractivity contribution >= 4 is 11.4 Å². The molecule has 0 aliphatic heterocycles. The number of hydrogen-bond acceptors (Lipinski definition) is 2. The summed E-state index contributed by atoms with van der Waals surface area (Å²) < 4.78 is 0. The Morgan fingerprint density at radius 3 is 2.52 bits per heavy atom. The fourth-order valence-electron chi connectivity index (χ4n) is 3.56. The standard InChI is InChI=1S/C19H32N2/c1-14(2)16-7-6-8-17(12-10-16)20-18-11-9-15(3)19(13-18)21(4)5/h9,11,13-14,16-17,20H,6-8,10,12H2,1-5H3. The highest BCUT2D eigenvalue weighted by atomic mass is 15.1. The summed E-state index contributed by atoms with van der Waals surface area (Å²) >= 11 is 0. The van der Waals surface area contributed by atoms with Gasteiger partial charge in [-0.3, -0.25) is 0 Å². The molecule has 0 heterocycles. The van der Waals surface area contributed by atoms with E-state index in [0.717, 1.165) is 11.8 Å². The van der Waals surface area contributed by atoms with Gasteiger partial charge in [0.15, 0.2) is 0 Å². The van der Waals surface area contributed by atoms with Gasteiger partial charge in [0.1, 0.15) is 0 Å². The molecule has 2 unspecified atom stereocenters. The Kier molecular flexibility index (Phi) is 5.55. The highest BCUT2D eigenvalue weighted by molar-refractivity contribution is 5.62.